The van der Waals surface area contributed by atoms with Crippen molar-refractivity contribution in [3.05, 3.63) is 47.0 Å². The van der Waals surface area contributed by atoms with E-state index in [0.717, 1.165) is 29.8 Å². The van der Waals surface area contributed by atoms with Gasteiger partial charge in [0.25, 0.3) is 0 Å². The van der Waals surface area contributed by atoms with Crippen molar-refractivity contribution in [2.75, 3.05) is 6.61 Å². The number of rotatable bonds is 5. The van der Waals surface area contributed by atoms with Crippen molar-refractivity contribution in [2.24, 2.45) is 0 Å². The van der Waals surface area contributed by atoms with Crippen molar-refractivity contribution in [1.82, 2.24) is 0 Å². The first-order valence-corrected chi connectivity index (χ1v) is 5.78. The predicted molar refractivity (Wildman–Crippen MR) is 68.6 cm³/mol. The Bertz CT molecular complexity index is 536. The van der Waals surface area contributed by atoms with Crippen LogP contribution in [0.1, 0.15) is 11.1 Å². The summed E-state index contributed by atoms with van der Waals surface area (Å²) < 4.78 is 43.6. The molecule has 0 aromatic heterocycles. The van der Waals surface area contributed by atoms with E-state index in [4.69, 9.17) is 21.4 Å². The van der Waals surface area contributed by atoms with Crippen LogP contribution in [0.2, 0.25) is 0 Å². The zero-order valence-corrected chi connectivity index (χ0v) is 10.8. The second kappa shape index (κ2) is 7.00. The molecule has 3 nitrogen and oxygen atoms in total. The molecule has 1 aromatic carbocycles. The number of carboxylic acid groups (broad SMARTS) is 1. The molecular formula is C13H10ClF3O3. The van der Waals surface area contributed by atoms with Gasteiger partial charge in [-0.3, -0.25) is 0 Å². The van der Waals surface area contributed by atoms with E-state index in [1.54, 1.807) is 0 Å². The van der Waals surface area contributed by atoms with Crippen LogP contribution in [-0.4, -0.2) is 17.7 Å². The average Bonchev–Trinajstić information content (AvgIpc) is 2.36. The van der Waals surface area contributed by atoms with Gasteiger partial charge in [0, 0.05) is 11.6 Å². The maximum absolute atomic E-state index is 12.9. The number of ether oxygens (including phenoxy) is 1. The lowest BCUT2D eigenvalue weighted by Gasteiger charge is -2.13. The van der Waals surface area contributed by atoms with Gasteiger partial charge in [0.15, 0.2) is 0 Å². The second-order valence-corrected chi connectivity index (χ2v) is 3.85. The first kappa shape index (κ1) is 16.1. The number of benzene rings is 1. The SMILES string of the molecule is O=C(O)C=Cc1ccc(OCC=CCl)c(C(F)(F)F)c1. The lowest BCUT2D eigenvalue weighted by atomic mass is 10.1. The molecule has 0 fully saturated rings. The molecule has 108 valence electrons. The molecule has 0 aliphatic heterocycles. The van der Waals surface area contributed by atoms with E-state index in [1.807, 2.05) is 0 Å². The van der Waals surface area contributed by atoms with Crippen LogP contribution in [-0.2, 0) is 11.0 Å². The van der Waals surface area contributed by atoms with Gasteiger partial charge in [0.1, 0.15) is 12.4 Å². The minimum absolute atomic E-state index is 0.100. The Labute approximate surface area is 117 Å². The Morgan fingerprint density at radius 1 is 1.40 bits per heavy atom. The van der Waals surface area contributed by atoms with Gasteiger partial charge in [-0.25, -0.2) is 4.79 Å². The average molecular weight is 307 g/mol. The molecule has 0 radical (unpaired) electrons. The Morgan fingerprint density at radius 2 is 2.10 bits per heavy atom. The highest BCUT2D eigenvalue weighted by Gasteiger charge is 2.34. The molecule has 1 rings (SSSR count). The number of hydrogen-bond acceptors (Lipinski definition) is 2. The highest BCUT2D eigenvalue weighted by molar-refractivity contribution is 6.25. The fourth-order valence-electron chi connectivity index (χ4n) is 1.34. The molecular weight excluding hydrogens is 297 g/mol. The van der Waals surface area contributed by atoms with Crippen LogP contribution in [0.3, 0.4) is 0 Å². The van der Waals surface area contributed by atoms with Gasteiger partial charge in [-0.15, -0.1) is 0 Å². The van der Waals surface area contributed by atoms with Crippen LogP contribution in [0.5, 0.6) is 5.75 Å². The molecule has 0 amide bonds. The number of aliphatic carboxylic acids is 1. The first-order chi connectivity index (χ1) is 9.34. The molecule has 0 atom stereocenters. The van der Waals surface area contributed by atoms with Crippen LogP contribution in [0, 0.1) is 0 Å². The number of carbonyl (C=O) groups is 1. The molecule has 7 heteroatoms. The van der Waals surface area contributed by atoms with Gasteiger partial charge in [0.2, 0.25) is 0 Å². The lowest BCUT2D eigenvalue weighted by molar-refractivity contribution is -0.139. The van der Waals surface area contributed by atoms with E-state index < -0.39 is 17.7 Å². The Kier molecular flexibility index (Phi) is 5.64. The smallest absolute Gasteiger partial charge is 0.419 e. The fourth-order valence-corrected chi connectivity index (χ4v) is 1.41. The quantitative estimate of drug-likeness (QED) is 0.838. The lowest BCUT2D eigenvalue weighted by Crippen LogP contribution is -2.09. The van der Waals surface area contributed by atoms with Gasteiger partial charge in [0.05, 0.1) is 5.56 Å². The summed E-state index contributed by atoms with van der Waals surface area (Å²) in [6.45, 7) is -0.100. The van der Waals surface area contributed by atoms with Crippen LogP contribution in [0.25, 0.3) is 6.08 Å². The molecule has 0 heterocycles. The fraction of sp³-hybridized carbons (Fsp3) is 0.154. The van der Waals surface area contributed by atoms with Gasteiger partial charge in [-0.2, -0.15) is 13.2 Å². The monoisotopic (exact) mass is 306 g/mol. The molecule has 0 aliphatic rings. The Balaban J connectivity index is 3.10. The summed E-state index contributed by atoms with van der Waals surface area (Å²) in [4.78, 5) is 10.3. The van der Waals surface area contributed by atoms with Gasteiger partial charge in [-0.1, -0.05) is 17.7 Å². The summed E-state index contributed by atoms with van der Waals surface area (Å²) in [7, 11) is 0. The third kappa shape index (κ3) is 4.97. The van der Waals surface area contributed by atoms with Crippen LogP contribution in [0.4, 0.5) is 13.2 Å². The number of hydrogen-bond donors (Lipinski definition) is 1. The molecule has 0 spiro atoms. The maximum Gasteiger partial charge on any atom is 0.419 e. The summed E-state index contributed by atoms with van der Waals surface area (Å²) >= 11 is 5.25. The molecule has 0 unspecified atom stereocenters. The van der Waals surface area contributed by atoms with E-state index >= 15 is 0 Å². The second-order valence-electron chi connectivity index (χ2n) is 3.60. The van der Waals surface area contributed by atoms with Gasteiger partial charge < -0.3 is 9.84 Å². The van der Waals surface area contributed by atoms with Crippen LogP contribution >= 0.6 is 11.6 Å². The first-order valence-electron chi connectivity index (χ1n) is 5.35. The number of halogens is 4. The van der Waals surface area contributed by atoms with Gasteiger partial charge >= 0.3 is 12.1 Å². The van der Waals surface area contributed by atoms with E-state index in [2.05, 4.69) is 0 Å². The molecule has 1 aromatic rings. The summed E-state index contributed by atoms with van der Waals surface area (Å²) in [6.07, 6.45) is -1.43. The largest absolute Gasteiger partial charge is 0.489 e. The van der Waals surface area contributed by atoms with E-state index in [-0.39, 0.29) is 17.9 Å². The Hall–Kier alpha value is -1.95. The molecule has 1 N–H and O–H groups in total. The summed E-state index contributed by atoms with van der Waals surface area (Å²) in [5.41, 5.74) is 0.269. The van der Waals surface area contributed by atoms with Gasteiger partial charge in [-0.05, 0) is 29.8 Å². The molecule has 20 heavy (non-hydrogen) atoms. The van der Waals surface area contributed by atoms with Crippen molar-refractivity contribution in [3.63, 3.8) is 0 Å². The Morgan fingerprint density at radius 3 is 2.65 bits per heavy atom. The third-order valence-corrected chi connectivity index (χ3v) is 2.33. The summed E-state index contributed by atoms with van der Waals surface area (Å²) in [5, 5.41) is 8.45. The molecule has 0 bridgehead atoms. The van der Waals surface area contributed by atoms with E-state index in [9.17, 15) is 18.0 Å². The standard InChI is InChI=1S/C13H10ClF3O3/c14-6-1-7-20-11-4-2-9(3-5-12(18)19)8-10(11)13(15,16)17/h1-6,8H,7H2,(H,18,19). The summed E-state index contributed by atoms with van der Waals surface area (Å²) in [6, 6.07) is 3.28. The zero-order chi connectivity index (χ0) is 15.2. The van der Waals surface area contributed by atoms with E-state index in [0.29, 0.717) is 0 Å². The highest BCUT2D eigenvalue weighted by Crippen LogP contribution is 2.37. The van der Waals surface area contributed by atoms with E-state index in [1.165, 1.54) is 12.1 Å². The van der Waals surface area contributed by atoms with Crippen LogP contribution < -0.4 is 4.74 Å². The minimum atomic E-state index is -4.60. The normalized spacial score (nSPS) is 12.2. The topological polar surface area (TPSA) is 46.5 Å². The predicted octanol–water partition coefficient (Wildman–Crippen LogP) is 3.93. The molecule has 0 saturated carbocycles. The molecule has 0 aliphatic carbocycles. The van der Waals surface area contributed by atoms with Crippen molar-refractivity contribution >= 4 is 23.6 Å². The van der Waals surface area contributed by atoms with Crippen molar-refractivity contribution in [3.8, 4) is 5.75 Å². The van der Waals surface area contributed by atoms with Crippen molar-refractivity contribution < 1.29 is 27.8 Å². The zero-order valence-electron chi connectivity index (χ0n) is 10.0. The maximum atomic E-state index is 12.9. The number of carboxylic acids is 1. The minimum Gasteiger partial charge on any atom is -0.489 e. The summed E-state index contributed by atoms with van der Waals surface area (Å²) in [5.74, 6) is -1.59. The van der Waals surface area contributed by atoms with Crippen LogP contribution in [0.15, 0.2) is 35.9 Å². The number of alkyl halides is 3. The third-order valence-electron chi connectivity index (χ3n) is 2.15. The highest BCUT2D eigenvalue weighted by atomic mass is 35.5. The molecule has 0 saturated heterocycles. The van der Waals surface area contributed by atoms with Crippen molar-refractivity contribution in [2.45, 2.75) is 6.18 Å². The van der Waals surface area contributed by atoms with Crippen molar-refractivity contribution in [1.29, 1.82) is 0 Å².